The summed E-state index contributed by atoms with van der Waals surface area (Å²) in [4.78, 5) is 22.5. The van der Waals surface area contributed by atoms with Crippen molar-refractivity contribution in [3.05, 3.63) is 51.8 Å². The van der Waals surface area contributed by atoms with Crippen molar-refractivity contribution in [2.24, 2.45) is 0 Å². The van der Waals surface area contributed by atoms with E-state index in [-0.39, 0.29) is 17.1 Å². The Labute approximate surface area is 105 Å². The molecule has 2 aromatic rings. The maximum atomic E-state index is 13.0. The Morgan fingerprint density at radius 1 is 1.26 bits per heavy atom. The summed E-state index contributed by atoms with van der Waals surface area (Å²) in [5.41, 5.74) is 4.55. The number of nitrogen functional groups attached to an aromatic ring is 1. The molecule has 0 spiro atoms. The lowest BCUT2D eigenvalue weighted by Crippen LogP contribution is -2.17. The highest BCUT2D eigenvalue weighted by molar-refractivity contribution is 6.07. The predicted octanol–water partition coefficient (Wildman–Crippen LogP) is 0.883. The molecule has 0 aliphatic carbocycles. The molecule has 4 N–H and O–H groups in total. The molecule has 0 saturated heterocycles. The van der Waals surface area contributed by atoms with Crippen LogP contribution in [0.3, 0.4) is 0 Å². The minimum absolute atomic E-state index is 0.0498. The van der Waals surface area contributed by atoms with E-state index in [0.717, 1.165) is 6.07 Å². The van der Waals surface area contributed by atoms with Gasteiger partial charge in [-0.2, -0.15) is 5.10 Å². The molecule has 19 heavy (non-hydrogen) atoms. The van der Waals surface area contributed by atoms with Gasteiger partial charge >= 0.3 is 0 Å². The maximum absolute atomic E-state index is 13.0. The minimum Gasteiger partial charge on any atom is -0.398 e. The average molecular weight is 266 g/mol. The van der Waals surface area contributed by atoms with Crippen LogP contribution in [-0.2, 0) is 0 Å². The molecule has 8 heteroatoms. The lowest BCUT2D eigenvalue weighted by atomic mass is 10.1. The van der Waals surface area contributed by atoms with Gasteiger partial charge in [0.1, 0.15) is 0 Å². The standard InChI is InChI=1S/C11H8F2N4O2/c12-6-3-5(8(14)4-7(6)13)11(19)15-9-1-2-10(18)17-16-9/h1-4H,14H2,(H,17,18)(H,15,16,19). The molecule has 0 atom stereocenters. The topological polar surface area (TPSA) is 101 Å². The van der Waals surface area contributed by atoms with E-state index in [1.54, 1.807) is 0 Å². The molecule has 2 rings (SSSR count). The lowest BCUT2D eigenvalue weighted by Gasteiger charge is -2.07. The van der Waals surface area contributed by atoms with E-state index in [1.165, 1.54) is 6.07 Å². The Morgan fingerprint density at radius 3 is 2.58 bits per heavy atom. The molecule has 0 saturated carbocycles. The molecule has 1 heterocycles. The Kier molecular flexibility index (Phi) is 3.23. The monoisotopic (exact) mass is 266 g/mol. The molecule has 0 unspecified atom stereocenters. The third kappa shape index (κ3) is 2.73. The quantitative estimate of drug-likeness (QED) is 0.702. The van der Waals surface area contributed by atoms with Gasteiger partial charge in [0.05, 0.1) is 5.56 Å². The van der Waals surface area contributed by atoms with Gasteiger partial charge in [-0.1, -0.05) is 0 Å². The first-order valence-electron chi connectivity index (χ1n) is 5.09. The first kappa shape index (κ1) is 12.7. The Bertz CT molecular complexity index is 679. The number of hydrogen-bond acceptors (Lipinski definition) is 4. The van der Waals surface area contributed by atoms with Crippen molar-refractivity contribution in [3.8, 4) is 0 Å². The molecular weight excluding hydrogens is 258 g/mol. The number of aromatic amines is 1. The molecule has 0 aliphatic heterocycles. The van der Waals surface area contributed by atoms with Crippen LogP contribution in [0.25, 0.3) is 0 Å². The molecule has 0 radical (unpaired) electrons. The highest BCUT2D eigenvalue weighted by Gasteiger charge is 2.14. The van der Waals surface area contributed by atoms with Crippen LogP contribution in [0.15, 0.2) is 29.1 Å². The first-order valence-corrected chi connectivity index (χ1v) is 5.09. The number of rotatable bonds is 2. The highest BCUT2D eigenvalue weighted by atomic mass is 19.2. The van der Waals surface area contributed by atoms with E-state index in [0.29, 0.717) is 12.1 Å². The molecule has 6 nitrogen and oxygen atoms in total. The summed E-state index contributed by atoms with van der Waals surface area (Å²) in [6, 6.07) is 3.81. The molecule has 1 amide bonds. The van der Waals surface area contributed by atoms with Gasteiger partial charge in [-0.05, 0) is 12.1 Å². The largest absolute Gasteiger partial charge is 0.398 e. The second-order valence-corrected chi connectivity index (χ2v) is 3.61. The molecule has 0 fully saturated rings. The van der Waals surface area contributed by atoms with Crippen LogP contribution in [0.2, 0.25) is 0 Å². The number of benzene rings is 1. The van der Waals surface area contributed by atoms with Crippen molar-refractivity contribution >= 4 is 17.4 Å². The third-order valence-electron chi connectivity index (χ3n) is 2.26. The van der Waals surface area contributed by atoms with Crippen LogP contribution >= 0.6 is 0 Å². The molecule has 1 aromatic carbocycles. The van der Waals surface area contributed by atoms with Crippen molar-refractivity contribution in [1.82, 2.24) is 10.2 Å². The van der Waals surface area contributed by atoms with Gasteiger partial charge in [0.2, 0.25) is 0 Å². The predicted molar refractivity (Wildman–Crippen MR) is 63.6 cm³/mol. The van der Waals surface area contributed by atoms with E-state index < -0.39 is 23.1 Å². The van der Waals surface area contributed by atoms with E-state index in [9.17, 15) is 18.4 Å². The number of halogens is 2. The second kappa shape index (κ2) is 4.84. The van der Waals surface area contributed by atoms with E-state index in [4.69, 9.17) is 5.73 Å². The first-order chi connectivity index (χ1) is 8.97. The number of nitrogens with zero attached hydrogens (tertiary/aromatic N) is 1. The van der Waals surface area contributed by atoms with Crippen molar-refractivity contribution < 1.29 is 13.6 Å². The van der Waals surface area contributed by atoms with Crippen molar-refractivity contribution in [2.75, 3.05) is 11.1 Å². The van der Waals surface area contributed by atoms with Crippen molar-refractivity contribution in [3.63, 3.8) is 0 Å². The number of amides is 1. The van der Waals surface area contributed by atoms with Crippen LogP contribution < -0.4 is 16.6 Å². The van der Waals surface area contributed by atoms with E-state index in [1.807, 2.05) is 0 Å². The van der Waals surface area contributed by atoms with Gasteiger partial charge in [0, 0.05) is 17.8 Å². The van der Waals surface area contributed by atoms with Gasteiger partial charge in [-0.25, -0.2) is 13.9 Å². The number of hydrogen-bond donors (Lipinski definition) is 3. The van der Waals surface area contributed by atoms with Gasteiger partial charge in [-0.15, -0.1) is 0 Å². The van der Waals surface area contributed by atoms with Crippen LogP contribution in [0, 0.1) is 11.6 Å². The molecular formula is C11H8F2N4O2. The van der Waals surface area contributed by atoms with Crippen LogP contribution in [-0.4, -0.2) is 16.1 Å². The lowest BCUT2D eigenvalue weighted by molar-refractivity contribution is 0.102. The van der Waals surface area contributed by atoms with Gasteiger partial charge in [0.15, 0.2) is 17.5 Å². The van der Waals surface area contributed by atoms with Gasteiger partial charge in [0.25, 0.3) is 11.5 Å². The van der Waals surface area contributed by atoms with Gasteiger partial charge < -0.3 is 11.1 Å². The molecule has 98 valence electrons. The van der Waals surface area contributed by atoms with Crippen LogP contribution in [0.4, 0.5) is 20.3 Å². The minimum atomic E-state index is -1.19. The number of H-pyrrole nitrogens is 1. The normalized spacial score (nSPS) is 10.2. The summed E-state index contributed by atoms with van der Waals surface area (Å²) < 4.78 is 25.9. The summed E-state index contributed by atoms with van der Waals surface area (Å²) in [6.45, 7) is 0. The third-order valence-corrected chi connectivity index (χ3v) is 2.26. The van der Waals surface area contributed by atoms with Gasteiger partial charge in [-0.3, -0.25) is 9.59 Å². The molecule has 1 aromatic heterocycles. The Morgan fingerprint density at radius 2 is 1.95 bits per heavy atom. The summed E-state index contributed by atoms with van der Waals surface area (Å²) in [7, 11) is 0. The fourth-order valence-electron chi connectivity index (χ4n) is 1.36. The summed E-state index contributed by atoms with van der Waals surface area (Å²) in [5, 5.41) is 7.93. The summed E-state index contributed by atoms with van der Waals surface area (Å²) in [5.74, 6) is -3.05. The number of anilines is 2. The zero-order valence-electron chi connectivity index (χ0n) is 9.41. The van der Waals surface area contributed by atoms with Crippen LogP contribution in [0.1, 0.15) is 10.4 Å². The summed E-state index contributed by atoms with van der Waals surface area (Å²) in [6.07, 6.45) is 0. The highest BCUT2D eigenvalue weighted by Crippen LogP contribution is 2.18. The summed E-state index contributed by atoms with van der Waals surface area (Å²) >= 11 is 0. The average Bonchev–Trinajstić information content (AvgIpc) is 2.36. The fourth-order valence-corrected chi connectivity index (χ4v) is 1.36. The van der Waals surface area contributed by atoms with E-state index in [2.05, 4.69) is 15.5 Å². The molecule has 0 bridgehead atoms. The number of nitrogens with one attached hydrogen (secondary N) is 2. The van der Waals surface area contributed by atoms with Crippen LogP contribution in [0.5, 0.6) is 0 Å². The number of carbonyl (C=O) groups is 1. The SMILES string of the molecule is Nc1cc(F)c(F)cc1C(=O)Nc1ccc(=O)[nH]n1. The number of nitrogens with two attached hydrogens (primary N) is 1. The maximum Gasteiger partial charge on any atom is 0.264 e. The second-order valence-electron chi connectivity index (χ2n) is 3.61. The van der Waals surface area contributed by atoms with Crippen molar-refractivity contribution in [2.45, 2.75) is 0 Å². The molecule has 0 aliphatic rings. The zero-order chi connectivity index (χ0) is 14.0. The smallest absolute Gasteiger partial charge is 0.264 e. The Hall–Kier alpha value is -2.77. The fraction of sp³-hybridized carbons (Fsp3) is 0. The van der Waals surface area contributed by atoms with Crippen molar-refractivity contribution in [1.29, 1.82) is 0 Å². The van der Waals surface area contributed by atoms with E-state index >= 15 is 0 Å². The number of carbonyl (C=O) groups excluding carboxylic acids is 1. The number of aromatic nitrogens is 2. The zero-order valence-corrected chi connectivity index (χ0v) is 9.41. The Balaban J connectivity index is 2.27.